The Morgan fingerprint density at radius 2 is 1.40 bits per heavy atom. The minimum Gasteiger partial charge on any atom is -0.286 e. The van der Waals surface area contributed by atoms with E-state index < -0.39 is 30.0 Å². The van der Waals surface area contributed by atoms with Gasteiger partial charge in [0.25, 0.3) is 5.78 Å². The van der Waals surface area contributed by atoms with E-state index in [4.69, 9.17) is 0 Å². The Kier molecular flexibility index (Phi) is 3.66. The molecule has 0 aliphatic carbocycles. The van der Waals surface area contributed by atoms with E-state index >= 15 is 0 Å². The zero-order valence-electron chi connectivity index (χ0n) is 6.45. The maximum atomic E-state index is 12.2. The Bertz CT molecular complexity index is 274. The molecule has 3 nitrogen and oxygen atoms in total. The minimum atomic E-state index is -6.04. The molecule has 0 bridgehead atoms. The molecule has 88 valence electrons. The molecule has 0 fully saturated rings. The first-order valence-corrected chi connectivity index (χ1v) is 3.00. The lowest BCUT2D eigenvalue weighted by molar-refractivity contribution is -0.251. The molecule has 0 aromatic heterocycles. The number of rotatable bonds is 4. The second kappa shape index (κ2) is 4.03. The first kappa shape index (κ1) is 13.7. The predicted octanol–water partition coefficient (Wildman–Crippen LogP) is 1.52. The highest BCUT2D eigenvalue weighted by atomic mass is 19.3. The summed E-state index contributed by atoms with van der Waals surface area (Å²) >= 11 is 0. The number of Topliss-reactive ketones (excluding diaryl/α,β-unsaturated/α-hetero) is 1. The van der Waals surface area contributed by atoms with Crippen LogP contribution in [0.3, 0.4) is 0 Å². The molecule has 0 spiro atoms. The molecule has 0 aliphatic heterocycles. The van der Waals surface area contributed by atoms with Gasteiger partial charge in [-0.05, 0) is 0 Å². The van der Waals surface area contributed by atoms with Gasteiger partial charge in [-0.15, -0.1) is 0 Å². The SMILES string of the molecule is O=C(OF)C(F)(F)C(F)(F)C(=O)C(F)F. The predicted molar refractivity (Wildman–Crippen MR) is 28.1 cm³/mol. The highest BCUT2D eigenvalue weighted by molar-refractivity contribution is 5.95. The molecule has 0 saturated heterocycles. The van der Waals surface area contributed by atoms with Gasteiger partial charge in [0.1, 0.15) is 0 Å². The normalized spacial score (nSPS) is 12.8. The van der Waals surface area contributed by atoms with Crippen LogP contribution < -0.4 is 0 Å². The van der Waals surface area contributed by atoms with Crippen molar-refractivity contribution in [3.05, 3.63) is 0 Å². The molecule has 0 saturated carbocycles. The summed E-state index contributed by atoms with van der Waals surface area (Å²) in [6.07, 6.45) is -4.43. The van der Waals surface area contributed by atoms with Crippen molar-refractivity contribution in [2.45, 2.75) is 18.3 Å². The molecule has 0 N–H and O–H groups in total. The number of carbonyl (C=O) groups excluding carboxylic acids is 2. The molecule has 0 aromatic carbocycles. The van der Waals surface area contributed by atoms with Crippen molar-refractivity contribution < 1.29 is 45.4 Å². The third-order valence-corrected chi connectivity index (χ3v) is 1.23. The van der Waals surface area contributed by atoms with Gasteiger partial charge in [-0.3, -0.25) is 4.79 Å². The van der Waals surface area contributed by atoms with E-state index in [0.717, 1.165) is 0 Å². The summed E-state index contributed by atoms with van der Waals surface area (Å²) < 4.78 is 82.6. The molecule has 0 unspecified atom stereocenters. The molecular weight excluding hydrogens is 241 g/mol. The fraction of sp³-hybridized carbons (Fsp3) is 0.600. The van der Waals surface area contributed by atoms with Crippen LogP contribution >= 0.6 is 0 Å². The number of halogens is 7. The molecule has 0 heterocycles. The van der Waals surface area contributed by atoms with Crippen molar-refractivity contribution in [3.63, 3.8) is 0 Å². The lowest BCUT2D eigenvalue weighted by atomic mass is 10.1. The van der Waals surface area contributed by atoms with E-state index in [1.807, 2.05) is 0 Å². The quantitative estimate of drug-likeness (QED) is 0.702. The molecule has 15 heavy (non-hydrogen) atoms. The first-order valence-electron chi connectivity index (χ1n) is 3.00. The second-order valence-corrected chi connectivity index (χ2v) is 2.18. The van der Waals surface area contributed by atoms with Crippen LogP contribution in [-0.4, -0.2) is 30.0 Å². The topological polar surface area (TPSA) is 43.4 Å². The van der Waals surface area contributed by atoms with Gasteiger partial charge < -0.3 is 0 Å². The minimum absolute atomic E-state index is 1.77. The highest BCUT2D eigenvalue weighted by Gasteiger charge is 2.70. The molecule has 0 aliphatic rings. The Hall–Kier alpha value is -1.35. The van der Waals surface area contributed by atoms with Crippen LogP contribution in [0.15, 0.2) is 0 Å². The number of hydrogen-bond donors (Lipinski definition) is 0. The monoisotopic (exact) mass is 242 g/mol. The van der Waals surface area contributed by atoms with Gasteiger partial charge in [-0.25, -0.2) is 18.5 Å². The molecule has 0 amide bonds. The first-order chi connectivity index (χ1) is 6.59. The van der Waals surface area contributed by atoms with Crippen LogP contribution in [0, 0.1) is 0 Å². The summed E-state index contributed by atoms with van der Waals surface area (Å²) in [5, 5.41) is 0. The van der Waals surface area contributed by atoms with Gasteiger partial charge >= 0.3 is 24.2 Å². The van der Waals surface area contributed by atoms with E-state index in [2.05, 4.69) is 0 Å². The summed E-state index contributed by atoms with van der Waals surface area (Å²) in [6.45, 7) is 0. The second-order valence-electron chi connectivity index (χ2n) is 2.18. The van der Waals surface area contributed by atoms with E-state index in [9.17, 15) is 40.5 Å². The van der Waals surface area contributed by atoms with Gasteiger partial charge in [-0.2, -0.15) is 17.6 Å². The van der Waals surface area contributed by atoms with Crippen LogP contribution in [0.5, 0.6) is 0 Å². The molecule has 0 atom stereocenters. The van der Waals surface area contributed by atoms with Gasteiger partial charge in [0.05, 0.1) is 0 Å². The maximum Gasteiger partial charge on any atom is 0.424 e. The van der Waals surface area contributed by atoms with Crippen LogP contribution in [-0.2, 0) is 14.5 Å². The smallest absolute Gasteiger partial charge is 0.286 e. The molecule has 0 aromatic rings. The number of hydrogen-bond acceptors (Lipinski definition) is 3. The fourth-order valence-electron chi connectivity index (χ4n) is 0.468. The number of carbonyl (C=O) groups is 2. The summed E-state index contributed by atoms with van der Waals surface area (Å²) in [7, 11) is 0. The van der Waals surface area contributed by atoms with E-state index in [1.165, 1.54) is 0 Å². The van der Waals surface area contributed by atoms with Crippen molar-refractivity contribution in [1.29, 1.82) is 0 Å². The van der Waals surface area contributed by atoms with Crippen molar-refractivity contribution in [1.82, 2.24) is 0 Å². The van der Waals surface area contributed by atoms with Crippen LogP contribution in [0.1, 0.15) is 0 Å². The third-order valence-electron chi connectivity index (χ3n) is 1.23. The third kappa shape index (κ3) is 2.18. The molecular formula is C5HF7O3. The fourth-order valence-corrected chi connectivity index (χ4v) is 0.468. The van der Waals surface area contributed by atoms with Crippen LogP contribution in [0.2, 0.25) is 0 Å². The summed E-state index contributed by atoms with van der Waals surface area (Å²) in [6, 6.07) is 0. The van der Waals surface area contributed by atoms with Crippen LogP contribution in [0.4, 0.5) is 30.9 Å². The molecule has 0 rings (SSSR count). The standard InChI is InChI=1S/C5HF7O3/c6-2(7)1(13)4(8,9)5(10,11)3(14)15-12/h2H. The van der Waals surface area contributed by atoms with Gasteiger partial charge in [-0.1, -0.05) is 0 Å². The average Bonchev–Trinajstić information content (AvgIpc) is 2.14. The van der Waals surface area contributed by atoms with E-state index in [0.29, 0.717) is 0 Å². The van der Waals surface area contributed by atoms with Crippen LogP contribution in [0.25, 0.3) is 0 Å². The number of ketones is 1. The summed E-state index contributed by atoms with van der Waals surface area (Å²) in [4.78, 5) is 21.5. The Balaban J connectivity index is 5.18. The lowest BCUT2D eigenvalue weighted by Gasteiger charge is -2.20. The van der Waals surface area contributed by atoms with E-state index in [1.54, 1.807) is 4.94 Å². The molecule has 0 radical (unpaired) electrons. The number of alkyl halides is 6. The largest absolute Gasteiger partial charge is 0.424 e. The van der Waals surface area contributed by atoms with Gasteiger partial charge in [0.2, 0.25) is 0 Å². The van der Waals surface area contributed by atoms with Gasteiger partial charge in [0, 0.05) is 4.53 Å². The summed E-state index contributed by atoms with van der Waals surface area (Å²) in [5.74, 6) is -19.0. The molecule has 10 heteroatoms. The zero-order chi connectivity index (χ0) is 12.4. The van der Waals surface area contributed by atoms with Crippen molar-refractivity contribution in [3.8, 4) is 0 Å². The zero-order valence-corrected chi connectivity index (χ0v) is 6.45. The van der Waals surface area contributed by atoms with Gasteiger partial charge in [0.15, 0.2) is 0 Å². The van der Waals surface area contributed by atoms with Crippen molar-refractivity contribution in [2.75, 3.05) is 0 Å². The highest BCUT2D eigenvalue weighted by Crippen LogP contribution is 2.37. The average molecular weight is 242 g/mol. The lowest BCUT2D eigenvalue weighted by Crippen LogP contribution is -2.54. The Labute approximate surface area is 76.7 Å². The summed E-state index contributed by atoms with van der Waals surface area (Å²) in [5.41, 5.74) is 0. The van der Waals surface area contributed by atoms with Crippen molar-refractivity contribution >= 4 is 11.8 Å². The van der Waals surface area contributed by atoms with E-state index in [-0.39, 0.29) is 0 Å². The Morgan fingerprint density at radius 1 is 1.00 bits per heavy atom. The Morgan fingerprint density at radius 3 is 1.67 bits per heavy atom. The maximum absolute atomic E-state index is 12.2. The van der Waals surface area contributed by atoms with Crippen molar-refractivity contribution in [2.24, 2.45) is 0 Å².